The number of ether oxygens (including phenoxy) is 2. The third-order valence-electron chi connectivity index (χ3n) is 7.16. The SMILES string of the molecule is CSc1ccc(C(=O)C2CN(C(=O)Oc3ccc(Cl)cc3Cl)CC2c2cc(C)c(OC(C)(C)C(=O)O)c(C)c2)cc1. The molecule has 10 heteroatoms. The summed E-state index contributed by atoms with van der Waals surface area (Å²) >= 11 is 13.8. The number of rotatable bonds is 8. The topological polar surface area (TPSA) is 93.1 Å². The smallest absolute Gasteiger partial charge is 0.415 e. The van der Waals surface area contributed by atoms with E-state index in [1.807, 2.05) is 44.4 Å². The first-order valence-corrected chi connectivity index (χ1v) is 14.9. The Morgan fingerprint density at radius 1 is 0.976 bits per heavy atom. The molecule has 41 heavy (non-hydrogen) atoms. The van der Waals surface area contributed by atoms with E-state index in [0.29, 0.717) is 16.3 Å². The summed E-state index contributed by atoms with van der Waals surface area (Å²) in [6, 6.07) is 15.8. The maximum absolute atomic E-state index is 13.8. The van der Waals surface area contributed by atoms with Crippen LogP contribution < -0.4 is 9.47 Å². The Morgan fingerprint density at radius 2 is 1.61 bits per heavy atom. The number of aryl methyl sites for hydroxylation is 2. The molecule has 3 aromatic rings. The van der Waals surface area contributed by atoms with Gasteiger partial charge in [-0.2, -0.15) is 0 Å². The number of thioether (sulfide) groups is 1. The van der Waals surface area contributed by atoms with Crippen molar-refractivity contribution in [3.8, 4) is 11.5 Å². The van der Waals surface area contributed by atoms with E-state index in [1.165, 1.54) is 30.9 Å². The van der Waals surface area contributed by atoms with Gasteiger partial charge in [0.25, 0.3) is 0 Å². The van der Waals surface area contributed by atoms with E-state index >= 15 is 0 Å². The van der Waals surface area contributed by atoms with Crippen LogP contribution in [0.25, 0.3) is 0 Å². The van der Waals surface area contributed by atoms with Gasteiger partial charge >= 0.3 is 12.1 Å². The third-order valence-corrected chi connectivity index (χ3v) is 8.44. The number of likely N-dealkylation sites (tertiary alicyclic amines) is 1. The monoisotopic (exact) mass is 615 g/mol. The lowest BCUT2D eigenvalue weighted by molar-refractivity contribution is -0.152. The Balaban J connectivity index is 1.67. The van der Waals surface area contributed by atoms with Gasteiger partial charge in [0.15, 0.2) is 17.1 Å². The van der Waals surface area contributed by atoms with Crippen molar-refractivity contribution in [2.45, 2.75) is 44.1 Å². The van der Waals surface area contributed by atoms with Crippen LogP contribution in [-0.2, 0) is 4.79 Å². The molecule has 1 saturated heterocycles. The second-order valence-corrected chi connectivity index (χ2v) is 12.3. The average molecular weight is 617 g/mol. The fraction of sp³-hybridized carbons (Fsp3) is 0.323. The molecule has 1 aliphatic heterocycles. The predicted molar refractivity (Wildman–Crippen MR) is 161 cm³/mol. The lowest BCUT2D eigenvalue weighted by Crippen LogP contribution is -2.38. The highest BCUT2D eigenvalue weighted by molar-refractivity contribution is 7.98. The van der Waals surface area contributed by atoms with Crippen molar-refractivity contribution in [3.63, 3.8) is 0 Å². The van der Waals surface area contributed by atoms with E-state index in [0.717, 1.165) is 21.6 Å². The molecule has 0 radical (unpaired) electrons. The standard InChI is InChI=1S/C31H31Cl2NO6S/c1-17-12-20(13-18(2)28(17)40-31(3,4)29(36)37)23-15-34(30(38)39-26-11-8-21(32)14-25(26)33)16-24(23)27(35)19-6-9-22(41-5)10-7-19/h6-14,23-24H,15-16H2,1-5H3,(H,36,37). The Hall–Kier alpha value is -3.20. The summed E-state index contributed by atoms with van der Waals surface area (Å²) in [6.07, 6.45) is 1.35. The quantitative estimate of drug-likeness (QED) is 0.205. The number of hydrogen-bond donors (Lipinski definition) is 1. The fourth-order valence-corrected chi connectivity index (χ4v) is 5.76. The van der Waals surface area contributed by atoms with Gasteiger partial charge in [0.1, 0.15) is 5.75 Å². The van der Waals surface area contributed by atoms with Crippen LogP contribution in [-0.4, -0.2) is 52.8 Å². The summed E-state index contributed by atoms with van der Waals surface area (Å²) in [4.78, 5) is 41.3. The molecular formula is C31H31Cl2NO6S. The van der Waals surface area contributed by atoms with E-state index < -0.39 is 23.6 Å². The zero-order valence-corrected chi connectivity index (χ0v) is 25.7. The predicted octanol–water partition coefficient (Wildman–Crippen LogP) is 7.67. The molecule has 0 spiro atoms. The minimum atomic E-state index is -1.42. The first-order valence-electron chi connectivity index (χ1n) is 12.9. The molecule has 0 saturated carbocycles. The summed E-state index contributed by atoms with van der Waals surface area (Å²) < 4.78 is 11.5. The van der Waals surface area contributed by atoms with Crippen molar-refractivity contribution in [2.24, 2.45) is 5.92 Å². The first-order chi connectivity index (χ1) is 19.3. The van der Waals surface area contributed by atoms with Crippen LogP contribution >= 0.6 is 35.0 Å². The number of Topliss-reactive ketones (excluding diaryl/α,β-unsaturated/α-hetero) is 1. The van der Waals surface area contributed by atoms with Crippen molar-refractivity contribution in [1.82, 2.24) is 4.90 Å². The number of carboxylic acid groups (broad SMARTS) is 1. The molecule has 1 heterocycles. The lowest BCUT2D eigenvalue weighted by atomic mass is 9.82. The van der Waals surface area contributed by atoms with Gasteiger partial charge in [0.05, 0.1) is 5.02 Å². The van der Waals surface area contributed by atoms with E-state index in [-0.39, 0.29) is 35.6 Å². The molecule has 1 N–H and O–H groups in total. The molecule has 216 valence electrons. The van der Waals surface area contributed by atoms with E-state index in [2.05, 4.69) is 0 Å². The van der Waals surface area contributed by atoms with Crippen molar-refractivity contribution in [2.75, 3.05) is 19.3 Å². The van der Waals surface area contributed by atoms with Crippen LogP contribution in [0.4, 0.5) is 4.79 Å². The van der Waals surface area contributed by atoms with E-state index in [1.54, 1.807) is 30.0 Å². The summed E-state index contributed by atoms with van der Waals surface area (Å²) in [5.41, 5.74) is 1.46. The number of hydrogen-bond acceptors (Lipinski definition) is 6. The van der Waals surface area contributed by atoms with Gasteiger partial charge in [0, 0.05) is 40.4 Å². The molecule has 7 nitrogen and oxygen atoms in total. The van der Waals surface area contributed by atoms with Crippen LogP contribution in [0.15, 0.2) is 59.5 Å². The molecule has 0 aliphatic carbocycles. The lowest BCUT2D eigenvalue weighted by Gasteiger charge is -2.26. The highest BCUT2D eigenvalue weighted by atomic mass is 35.5. The van der Waals surface area contributed by atoms with Crippen LogP contribution in [0.5, 0.6) is 11.5 Å². The number of carbonyl (C=O) groups is 3. The third kappa shape index (κ3) is 6.83. The molecule has 0 aromatic heterocycles. The maximum atomic E-state index is 13.8. The van der Waals surface area contributed by atoms with Gasteiger partial charge in [-0.05, 0) is 81.0 Å². The Morgan fingerprint density at radius 3 is 2.17 bits per heavy atom. The molecule has 1 fully saturated rings. The molecule has 2 unspecified atom stereocenters. The van der Waals surface area contributed by atoms with Gasteiger partial charge in [-0.3, -0.25) is 4.79 Å². The average Bonchev–Trinajstić information content (AvgIpc) is 3.37. The number of carbonyl (C=O) groups excluding carboxylic acids is 2. The largest absolute Gasteiger partial charge is 0.478 e. The number of ketones is 1. The maximum Gasteiger partial charge on any atom is 0.415 e. The fourth-order valence-electron chi connectivity index (χ4n) is 4.90. The van der Waals surface area contributed by atoms with Crippen molar-refractivity contribution in [1.29, 1.82) is 0 Å². The zero-order valence-electron chi connectivity index (χ0n) is 23.4. The molecule has 2 atom stereocenters. The van der Waals surface area contributed by atoms with Crippen LogP contribution in [0.3, 0.4) is 0 Å². The molecule has 3 aromatic carbocycles. The molecule has 0 bridgehead atoms. The summed E-state index contributed by atoms with van der Waals surface area (Å²) in [5, 5.41) is 10.2. The zero-order chi connectivity index (χ0) is 30.1. The molecule has 1 aliphatic rings. The van der Waals surface area contributed by atoms with Gasteiger partial charge in [0.2, 0.25) is 0 Å². The van der Waals surface area contributed by atoms with E-state index in [4.69, 9.17) is 32.7 Å². The second kappa shape index (κ2) is 12.3. The summed E-state index contributed by atoms with van der Waals surface area (Å²) in [7, 11) is 0. The van der Waals surface area contributed by atoms with Crippen LogP contribution in [0.1, 0.15) is 46.8 Å². The summed E-state index contributed by atoms with van der Waals surface area (Å²) in [5.74, 6) is -1.38. The number of halogens is 2. The Labute approximate surface area is 253 Å². The van der Waals surface area contributed by atoms with Gasteiger partial charge in [-0.25, -0.2) is 9.59 Å². The number of aliphatic carboxylic acids is 1. The second-order valence-electron chi connectivity index (χ2n) is 10.6. The minimum Gasteiger partial charge on any atom is -0.478 e. The number of carboxylic acids is 1. The van der Waals surface area contributed by atoms with Crippen molar-refractivity contribution in [3.05, 3.63) is 86.9 Å². The summed E-state index contributed by atoms with van der Waals surface area (Å²) in [6.45, 7) is 7.05. The molecular weight excluding hydrogens is 585 g/mol. The minimum absolute atomic E-state index is 0.0786. The highest BCUT2D eigenvalue weighted by Crippen LogP contribution is 2.39. The highest BCUT2D eigenvalue weighted by Gasteiger charge is 2.42. The molecule has 4 rings (SSSR count). The van der Waals surface area contributed by atoms with E-state index in [9.17, 15) is 19.5 Å². The van der Waals surface area contributed by atoms with Crippen molar-refractivity contribution < 1.29 is 29.0 Å². The van der Waals surface area contributed by atoms with Gasteiger partial charge in [-0.15, -0.1) is 11.8 Å². The van der Waals surface area contributed by atoms with Gasteiger partial charge < -0.3 is 19.5 Å². The normalized spacial score (nSPS) is 16.9. The van der Waals surface area contributed by atoms with Crippen molar-refractivity contribution >= 4 is 52.8 Å². The van der Waals surface area contributed by atoms with Gasteiger partial charge in [-0.1, -0.05) is 47.5 Å². The van der Waals surface area contributed by atoms with Crippen LogP contribution in [0, 0.1) is 19.8 Å². The first kappa shape index (κ1) is 30.8. The van der Waals surface area contributed by atoms with Crippen LogP contribution in [0.2, 0.25) is 10.0 Å². The number of nitrogens with zero attached hydrogens (tertiary/aromatic N) is 1. The number of amides is 1. The Kier molecular flexibility index (Phi) is 9.26. The molecule has 1 amide bonds. The number of benzene rings is 3. The Bertz CT molecular complexity index is 1470.